The van der Waals surface area contributed by atoms with Crippen LogP contribution in [0.25, 0.3) is 0 Å². The summed E-state index contributed by atoms with van der Waals surface area (Å²) in [7, 11) is 0. The number of H-pyrrole nitrogens is 1. The van der Waals surface area contributed by atoms with Crippen LogP contribution in [0.5, 0.6) is 0 Å². The Hall–Kier alpha value is -2.43. The summed E-state index contributed by atoms with van der Waals surface area (Å²) in [6, 6.07) is 10.8. The molecule has 0 bridgehead atoms. The van der Waals surface area contributed by atoms with Crippen molar-refractivity contribution in [1.29, 1.82) is 0 Å². The van der Waals surface area contributed by atoms with E-state index in [0.717, 1.165) is 55.3 Å². The van der Waals surface area contributed by atoms with Gasteiger partial charge in [-0.1, -0.05) is 30.3 Å². The van der Waals surface area contributed by atoms with E-state index in [-0.39, 0.29) is 0 Å². The number of hydrogen-bond acceptors (Lipinski definition) is 3. The van der Waals surface area contributed by atoms with Gasteiger partial charge in [0, 0.05) is 30.6 Å². The summed E-state index contributed by atoms with van der Waals surface area (Å²) >= 11 is 0. The first-order valence-electron chi connectivity index (χ1n) is 8.68. The third-order valence-electron chi connectivity index (χ3n) is 5.21. The molecule has 1 aromatic carbocycles. The van der Waals surface area contributed by atoms with Crippen molar-refractivity contribution >= 4 is 0 Å². The smallest absolute Gasteiger partial charge is 0.137 e. The van der Waals surface area contributed by atoms with Crippen LogP contribution in [0, 0.1) is 13.8 Å². The molecule has 4 rings (SSSR count). The van der Waals surface area contributed by atoms with Crippen LogP contribution < -0.4 is 0 Å². The number of fused-ring (bicyclic) bond motifs is 1. The van der Waals surface area contributed by atoms with E-state index in [1.54, 1.807) is 0 Å². The first-order valence-corrected chi connectivity index (χ1v) is 8.68. The summed E-state index contributed by atoms with van der Waals surface area (Å²) in [5, 5.41) is 16.3. The summed E-state index contributed by atoms with van der Waals surface area (Å²) in [6.07, 6.45) is 4.09. The van der Waals surface area contributed by atoms with Crippen molar-refractivity contribution in [2.24, 2.45) is 0 Å². The molecule has 1 atom stereocenters. The van der Waals surface area contributed by atoms with Gasteiger partial charge in [-0.15, -0.1) is 10.2 Å². The molecule has 1 aliphatic heterocycles. The molecule has 0 saturated heterocycles. The van der Waals surface area contributed by atoms with E-state index in [1.807, 2.05) is 6.92 Å². The second-order valence-electron chi connectivity index (χ2n) is 6.71. The second kappa shape index (κ2) is 6.23. The third-order valence-corrected chi connectivity index (χ3v) is 5.21. The highest BCUT2D eigenvalue weighted by atomic mass is 15.3. The van der Waals surface area contributed by atoms with E-state index < -0.39 is 0 Å². The van der Waals surface area contributed by atoms with Crippen molar-refractivity contribution in [3.63, 3.8) is 0 Å². The number of hydrogen-bond donors (Lipinski definition) is 1. The minimum atomic E-state index is 0.609. The zero-order chi connectivity index (χ0) is 16.5. The molecule has 1 N–H and O–H groups in total. The number of benzene rings is 1. The van der Waals surface area contributed by atoms with E-state index in [4.69, 9.17) is 0 Å². The van der Waals surface area contributed by atoms with Crippen LogP contribution >= 0.6 is 0 Å². The van der Waals surface area contributed by atoms with Crippen LogP contribution in [-0.2, 0) is 19.4 Å². The first kappa shape index (κ1) is 15.1. The fourth-order valence-electron chi connectivity index (χ4n) is 3.73. The molecule has 2 aromatic heterocycles. The predicted molar refractivity (Wildman–Crippen MR) is 93.0 cm³/mol. The largest absolute Gasteiger partial charge is 0.315 e. The molecular formula is C19H23N5. The van der Waals surface area contributed by atoms with E-state index in [9.17, 15) is 0 Å². The van der Waals surface area contributed by atoms with Gasteiger partial charge in [-0.3, -0.25) is 5.10 Å². The van der Waals surface area contributed by atoms with Gasteiger partial charge in [0.2, 0.25) is 0 Å². The Morgan fingerprint density at radius 1 is 1.12 bits per heavy atom. The summed E-state index contributed by atoms with van der Waals surface area (Å²) in [5.41, 5.74) is 4.87. The maximum atomic E-state index is 4.47. The normalized spacial score (nSPS) is 17.5. The Kier molecular flexibility index (Phi) is 3.92. The maximum Gasteiger partial charge on any atom is 0.137 e. The maximum absolute atomic E-state index is 4.47. The van der Waals surface area contributed by atoms with Gasteiger partial charge in [0.05, 0.1) is 5.69 Å². The first-order chi connectivity index (χ1) is 11.7. The lowest BCUT2D eigenvalue weighted by atomic mass is 9.92. The Bertz CT molecular complexity index is 811. The summed E-state index contributed by atoms with van der Waals surface area (Å²) in [4.78, 5) is 0. The molecular weight excluding hydrogens is 298 g/mol. The van der Waals surface area contributed by atoms with Crippen molar-refractivity contribution in [1.82, 2.24) is 25.0 Å². The summed E-state index contributed by atoms with van der Waals surface area (Å²) in [5.74, 6) is 2.80. The van der Waals surface area contributed by atoms with Gasteiger partial charge in [-0.25, -0.2) is 0 Å². The van der Waals surface area contributed by atoms with Crippen LogP contribution in [-0.4, -0.2) is 25.0 Å². The van der Waals surface area contributed by atoms with E-state index in [2.05, 4.69) is 62.2 Å². The fraction of sp³-hybridized carbons (Fsp3) is 0.421. The number of aryl methyl sites for hydroxylation is 3. The molecule has 1 unspecified atom stereocenters. The lowest BCUT2D eigenvalue weighted by Crippen LogP contribution is -2.08. The van der Waals surface area contributed by atoms with Crippen molar-refractivity contribution in [3.8, 4) is 0 Å². The average molecular weight is 321 g/mol. The predicted octanol–water partition coefficient (Wildman–Crippen LogP) is 3.33. The Labute approximate surface area is 142 Å². The number of rotatable bonds is 3. The lowest BCUT2D eigenvalue weighted by Gasteiger charge is -2.14. The van der Waals surface area contributed by atoms with Gasteiger partial charge in [0.1, 0.15) is 11.6 Å². The number of nitrogens with zero attached hydrogens (tertiary/aromatic N) is 4. The molecule has 0 amide bonds. The zero-order valence-electron chi connectivity index (χ0n) is 14.3. The monoisotopic (exact) mass is 321 g/mol. The minimum Gasteiger partial charge on any atom is -0.315 e. The Morgan fingerprint density at radius 3 is 2.71 bits per heavy atom. The molecule has 3 aromatic rings. The number of aromatic nitrogens is 5. The van der Waals surface area contributed by atoms with Gasteiger partial charge in [0.25, 0.3) is 0 Å². The molecule has 1 aliphatic rings. The highest BCUT2D eigenvalue weighted by Gasteiger charge is 2.22. The van der Waals surface area contributed by atoms with E-state index in [0.29, 0.717) is 5.92 Å². The lowest BCUT2D eigenvalue weighted by molar-refractivity contribution is 0.550. The van der Waals surface area contributed by atoms with Gasteiger partial charge in [-0.2, -0.15) is 5.10 Å². The van der Waals surface area contributed by atoms with E-state index in [1.165, 1.54) is 11.1 Å². The van der Waals surface area contributed by atoms with Gasteiger partial charge in [-0.05, 0) is 38.2 Å². The standard InChI is InChI=1S/C19H23N5/c1-13-17(14(2)21-20-13)12-19-23-22-18-9-8-16(10-11-24(18)19)15-6-4-3-5-7-15/h3-7,16H,8-12H2,1-2H3,(H,20,21). The molecule has 124 valence electrons. The molecule has 5 heteroatoms. The summed E-state index contributed by atoms with van der Waals surface area (Å²) in [6.45, 7) is 5.11. The zero-order valence-corrected chi connectivity index (χ0v) is 14.3. The van der Waals surface area contributed by atoms with Gasteiger partial charge >= 0.3 is 0 Å². The van der Waals surface area contributed by atoms with Crippen molar-refractivity contribution < 1.29 is 0 Å². The molecule has 0 fully saturated rings. The van der Waals surface area contributed by atoms with Crippen LogP contribution in [0.4, 0.5) is 0 Å². The van der Waals surface area contributed by atoms with Crippen LogP contribution in [0.3, 0.4) is 0 Å². The molecule has 0 radical (unpaired) electrons. The molecule has 0 spiro atoms. The average Bonchev–Trinajstić information content (AvgIpc) is 3.05. The quantitative estimate of drug-likeness (QED) is 0.805. The van der Waals surface area contributed by atoms with Crippen molar-refractivity contribution in [2.45, 2.75) is 52.0 Å². The number of aromatic amines is 1. The highest BCUT2D eigenvalue weighted by molar-refractivity contribution is 5.27. The Balaban J connectivity index is 1.56. The van der Waals surface area contributed by atoms with Gasteiger partial charge < -0.3 is 4.57 Å². The molecule has 24 heavy (non-hydrogen) atoms. The summed E-state index contributed by atoms with van der Waals surface area (Å²) < 4.78 is 2.33. The van der Waals surface area contributed by atoms with Crippen molar-refractivity contribution in [3.05, 3.63) is 64.5 Å². The number of nitrogens with one attached hydrogen (secondary N) is 1. The second-order valence-corrected chi connectivity index (χ2v) is 6.71. The molecule has 0 saturated carbocycles. The van der Waals surface area contributed by atoms with Gasteiger partial charge in [0.15, 0.2) is 0 Å². The van der Waals surface area contributed by atoms with E-state index >= 15 is 0 Å². The Morgan fingerprint density at radius 2 is 1.96 bits per heavy atom. The van der Waals surface area contributed by atoms with Crippen LogP contribution in [0.15, 0.2) is 30.3 Å². The molecule has 5 nitrogen and oxygen atoms in total. The van der Waals surface area contributed by atoms with Crippen LogP contribution in [0.2, 0.25) is 0 Å². The topological polar surface area (TPSA) is 59.4 Å². The highest BCUT2D eigenvalue weighted by Crippen LogP contribution is 2.29. The third kappa shape index (κ3) is 2.75. The SMILES string of the molecule is Cc1n[nH]c(C)c1Cc1nnc2n1CCC(c1ccccc1)CC2. The molecule has 0 aliphatic carbocycles. The molecule has 3 heterocycles. The fourth-order valence-corrected chi connectivity index (χ4v) is 3.73. The van der Waals surface area contributed by atoms with Crippen LogP contribution in [0.1, 0.15) is 52.9 Å². The minimum absolute atomic E-state index is 0.609. The van der Waals surface area contributed by atoms with Crippen molar-refractivity contribution in [2.75, 3.05) is 0 Å².